The van der Waals surface area contributed by atoms with Crippen molar-refractivity contribution in [2.75, 3.05) is 20.8 Å². The monoisotopic (exact) mass is 249 g/mol. The Balaban J connectivity index is 2.56. The zero-order valence-electron chi connectivity index (χ0n) is 11.6. The van der Waals surface area contributed by atoms with Crippen LogP contribution in [0.2, 0.25) is 0 Å². The SMILES string of the molecule is CCc1cc(OC)c(OC)c(C2(CN)CCC2)c1. The number of hydrogen-bond acceptors (Lipinski definition) is 3. The van der Waals surface area contributed by atoms with Crippen molar-refractivity contribution in [3.63, 3.8) is 0 Å². The quantitative estimate of drug-likeness (QED) is 0.872. The fraction of sp³-hybridized carbons (Fsp3) is 0.600. The maximum absolute atomic E-state index is 6.01. The van der Waals surface area contributed by atoms with Gasteiger partial charge in [-0.2, -0.15) is 0 Å². The number of methoxy groups -OCH3 is 2. The molecule has 0 saturated heterocycles. The van der Waals surface area contributed by atoms with Gasteiger partial charge in [0.05, 0.1) is 14.2 Å². The molecule has 3 heteroatoms. The highest BCUT2D eigenvalue weighted by Gasteiger charge is 2.40. The lowest BCUT2D eigenvalue weighted by Gasteiger charge is -2.42. The van der Waals surface area contributed by atoms with Crippen molar-refractivity contribution in [1.29, 1.82) is 0 Å². The minimum Gasteiger partial charge on any atom is -0.493 e. The number of benzene rings is 1. The van der Waals surface area contributed by atoms with Crippen LogP contribution in [0.4, 0.5) is 0 Å². The minimum atomic E-state index is 0.101. The van der Waals surface area contributed by atoms with Gasteiger partial charge in [0.25, 0.3) is 0 Å². The van der Waals surface area contributed by atoms with Crippen LogP contribution in [-0.2, 0) is 11.8 Å². The first-order chi connectivity index (χ1) is 8.70. The number of ether oxygens (including phenoxy) is 2. The van der Waals surface area contributed by atoms with Crippen LogP contribution in [-0.4, -0.2) is 20.8 Å². The molecule has 0 unspecified atom stereocenters. The summed E-state index contributed by atoms with van der Waals surface area (Å²) in [5, 5.41) is 0. The van der Waals surface area contributed by atoms with Crippen LogP contribution in [0.1, 0.15) is 37.3 Å². The standard InChI is InChI=1S/C15H23NO2/c1-4-11-8-12(15(10-16)6-5-7-15)14(18-3)13(9-11)17-2/h8-9H,4-7,10,16H2,1-3H3. The van der Waals surface area contributed by atoms with Crippen LogP contribution in [0.15, 0.2) is 12.1 Å². The van der Waals surface area contributed by atoms with E-state index >= 15 is 0 Å². The zero-order chi connectivity index (χ0) is 13.2. The molecule has 18 heavy (non-hydrogen) atoms. The van der Waals surface area contributed by atoms with E-state index in [1.54, 1.807) is 14.2 Å². The van der Waals surface area contributed by atoms with Crippen LogP contribution < -0.4 is 15.2 Å². The first-order valence-corrected chi connectivity index (χ1v) is 6.66. The largest absolute Gasteiger partial charge is 0.493 e. The van der Waals surface area contributed by atoms with Gasteiger partial charge in [-0.1, -0.05) is 19.4 Å². The molecule has 2 N–H and O–H groups in total. The molecule has 1 fully saturated rings. The first kappa shape index (κ1) is 13.2. The van der Waals surface area contributed by atoms with Gasteiger partial charge in [0, 0.05) is 17.5 Å². The fourth-order valence-electron chi connectivity index (χ4n) is 2.81. The highest BCUT2D eigenvalue weighted by Crippen LogP contribution is 2.49. The molecule has 100 valence electrons. The zero-order valence-corrected chi connectivity index (χ0v) is 11.6. The molecular formula is C15H23NO2. The molecule has 0 heterocycles. The second kappa shape index (κ2) is 5.19. The molecule has 1 aromatic rings. The Morgan fingerprint density at radius 2 is 1.94 bits per heavy atom. The molecule has 0 aliphatic heterocycles. The lowest BCUT2D eigenvalue weighted by atomic mass is 9.64. The van der Waals surface area contributed by atoms with Crippen molar-refractivity contribution in [1.82, 2.24) is 0 Å². The topological polar surface area (TPSA) is 44.5 Å². The van der Waals surface area contributed by atoms with Gasteiger partial charge in [-0.25, -0.2) is 0 Å². The number of rotatable bonds is 5. The summed E-state index contributed by atoms with van der Waals surface area (Å²) in [6, 6.07) is 4.30. The second-order valence-corrected chi connectivity index (χ2v) is 5.07. The third kappa shape index (κ3) is 1.97. The number of hydrogen-bond donors (Lipinski definition) is 1. The Labute approximate surface area is 109 Å². The predicted octanol–water partition coefficient (Wildman–Crippen LogP) is 2.65. The molecule has 2 rings (SSSR count). The van der Waals surface area contributed by atoms with Gasteiger partial charge < -0.3 is 15.2 Å². The summed E-state index contributed by atoms with van der Waals surface area (Å²) in [6.45, 7) is 2.83. The maximum Gasteiger partial charge on any atom is 0.164 e. The van der Waals surface area contributed by atoms with E-state index in [-0.39, 0.29) is 5.41 Å². The molecule has 0 aromatic heterocycles. The highest BCUT2D eigenvalue weighted by molar-refractivity contribution is 5.53. The first-order valence-electron chi connectivity index (χ1n) is 6.66. The van der Waals surface area contributed by atoms with Gasteiger partial charge in [-0.15, -0.1) is 0 Å². The van der Waals surface area contributed by atoms with Gasteiger partial charge in [0.1, 0.15) is 0 Å². The molecule has 1 aliphatic carbocycles. The molecule has 0 spiro atoms. The number of nitrogens with two attached hydrogens (primary N) is 1. The molecule has 1 aromatic carbocycles. The van der Waals surface area contributed by atoms with Crippen molar-refractivity contribution >= 4 is 0 Å². The van der Waals surface area contributed by atoms with Crippen LogP contribution in [0.25, 0.3) is 0 Å². The average molecular weight is 249 g/mol. The van der Waals surface area contributed by atoms with Crippen LogP contribution >= 0.6 is 0 Å². The normalized spacial score (nSPS) is 17.1. The third-order valence-corrected chi connectivity index (χ3v) is 4.22. The van der Waals surface area contributed by atoms with Crippen molar-refractivity contribution in [2.24, 2.45) is 5.73 Å². The van der Waals surface area contributed by atoms with Crippen molar-refractivity contribution in [3.05, 3.63) is 23.3 Å². The van der Waals surface area contributed by atoms with E-state index in [9.17, 15) is 0 Å². The van der Waals surface area contributed by atoms with E-state index in [1.165, 1.54) is 17.5 Å². The van der Waals surface area contributed by atoms with Crippen molar-refractivity contribution in [2.45, 2.75) is 38.0 Å². The Bertz CT molecular complexity index is 419. The van der Waals surface area contributed by atoms with E-state index in [2.05, 4.69) is 19.1 Å². The Kier molecular flexibility index (Phi) is 3.81. The van der Waals surface area contributed by atoms with Gasteiger partial charge >= 0.3 is 0 Å². The Morgan fingerprint density at radius 1 is 1.22 bits per heavy atom. The van der Waals surface area contributed by atoms with E-state index in [0.29, 0.717) is 6.54 Å². The molecule has 0 atom stereocenters. The molecule has 0 amide bonds. The van der Waals surface area contributed by atoms with E-state index in [4.69, 9.17) is 15.2 Å². The lowest BCUT2D eigenvalue weighted by Crippen LogP contribution is -2.41. The van der Waals surface area contributed by atoms with Gasteiger partial charge in [-0.05, 0) is 30.9 Å². The summed E-state index contributed by atoms with van der Waals surface area (Å²) in [7, 11) is 3.40. The highest BCUT2D eigenvalue weighted by atomic mass is 16.5. The molecule has 0 radical (unpaired) electrons. The lowest BCUT2D eigenvalue weighted by molar-refractivity contribution is 0.240. The van der Waals surface area contributed by atoms with Crippen LogP contribution in [0.5, 0.6) is 11.5 Å². The summed E-state index contributed by atoms with van der Waals surface area (Å²) in [5.74, 6) is 1.69. The second-order valence-electron chi connectivity index (χ2n) is 5.07. The molecule has 3 nitrogen and oxygen atoms in total. The predicted molar refractivity (Wildman–Crippen MR) is 73.5 cm³/mol. The summed E-state index contributed by atoms with van der Waals surface area (Å²) in [6.07, 6.45) is 4.54. The molecule has 0 bridgehead atoms. The van der Waals surface area contributed by atoms with Gasteiger partial charge in [0.15, 0.2) is 11.5 Å². The smallest absolute Gasteiger partial charge is 0.164 e. The van der Waals surface area contributed by atoms with Gasteiger partial charge in [0.2, 0.25) is 0 Å². The minimum absolute atomic E-state index is 0.101. The summed E-state index contributed by atoms with van der Waals surface area (Å²) >= 11 is 0. The molecule has 1 aliphatic rings. The summed E-state index contributed by atoms with van der Waals surface area (Å²) < 4.78 is 11.0. The Morgan fingerprint density at radius 3 is 2.33 bits per heavy atom. The van der Waals surface area contributed by atoms with E-state index < -0.39 is 0 Å². The average Bonchev–Trinajstić information content (AvgIpc) is 2.37. The van der Waals surface area contributed by atoms with Gasteiger partial charge in [-0.3, -0.25) is 0 Å². The Hall–Kier alpha value is -1.22. The fourth-order valence-corrected chi connectivity index (χ4v) is 2.81. The van der Waals surface area contributed by atoms with E-state index in [1.807, 2.05) is 0 Å². The summed E-state index contributed by atoms with van der Waals surface area (Å²) in [4.78, 5) is 0. The third-order valence-electron chi connectivity index (χ3n) is 4.22. The number of aryl methyl sites for hydroxylation is 1. The van der Waals surface area contributed by atoms with Crippen molar-refractivity contribution < 1.29 is 9.47 Å². The maximum atomic E-state index is 6.01. The molecular weight excluding hydrogens is 226 g/mol. The van der Waals surface area contributed by atoms with Crippen LogP contribution in [0, 0.1) is 0 Å². The van der Waals surface area contributed by atoms with E-state index in [0.717, 1.165) is 30.8 Å². The van der Waals surface area contributed by atoms with Crippen LogP contribution in [0.3, 0.4) is 0 Å². The summed E-state index contributed by atoms with van der Waals surface area (Å²) in [5.41, 5.74) is 8.62. The van der Waals surface area contributed by atoms with Crippen molar-refractivity contribution in [3.8, 4) is 11.5 Å². The molecule has 1 saturated carbocycles.